The summed E-state index contributed by atoms with van der Waals surface area (Å²) in [4.78, 5) is 14.2. The number of nitrogens with one attached hydrogen (secondary N) is 1. The monoisotopic (exact) mass is 383 g/mol. The summed E-state index contributed by atoms with van der Waals surface area (Å²) < 4.78 is 24.7. The number of carbonyl (C=O) groups excluding carboxylic acids is 1. The maximum Gasteiger partial charge on any atom is 0.357 e. The molecule has 0 atom stereocenters. The van der Waals surface area contributed by atoms with E-state index in [1.54, 1.807) is 6.92 Å². The smallest absolute Gasteiger partial charge is 0.357 e. The summed E-state index contributed by atoms with van der Waals surface area (Å²) in [5.41, 5.74) is -0.210. The highest BCUT2D eigenvalue weighted by Crippen LogP contribution is 2.28. The van der Waals surface area contributed by atoms with Crippen LogP contribution in [0.5, 0.6) is 5.75 Å². The highest BCUT2D eigenvalue weighted by atomic mass is 19.1. The fourth-order valence-electron chi connectivity index (χ4n) is 3.10. The van der Waals surface area contributed by atoms with Crippen molar-refractivity contribution in [2.75, 3.05) is 13.2 Å². The second-order valence-electron chi connectivity index (χ2n) is 8.09. The molecule has 1 heterocycles. The Kier molecular flexibility index (Phi) is 11.1. The molecular weight excluding hydrogens is 345 g/mol. The maximum atomic E-state index is 14.2. The molecule has 0 bridgehead atoms. The molecule has 156 valence electrons. The zero-order valence-electron chi connectivity index (χ0n) is 17.7. The average Bonchev–Trinajstić information content (AvgIpc) is 2.99. The summed E-state index contributed by atoms with van der Waals surface area (Å²) in [5.74, 6) is -1.29. The standard InChI is InChI=1S/C22H38FNO3/c1-5-7-8-9-10-11-12-13-14-15-22(3,4)17-27-18-16-24-20(19(18)23)21(25)26-6-2/h16,24H,5-15,17H2,1-4H3. The van der Waals surface area contributed by atoms with E-state index in [0.29, 0.717) is 6.61 Å². The highest BCUT2D eigenvalue weighted by Gasteiger charge is 2.23. The first-order valence-corrected chi connectivity index (χ1v) is 10.6. The Labute approximate surface area is 164 Å². The number of ether oxygens (including phenoxy) is 2. The van der Waals surface area contributed by atoms with Crippen molar-refractivity contribution < 1.29 is 18.7 Å². The lowest BCUT2D eigenvalue weighted by atomic mass is 9.87. The maximum absolute atomic E-state index is 14.2. The first kappa shape index (κ1) is 23.5. The molecule has 0 aliphatic heterocycles. The number of hydrogen-bond acceptors (Lipinski definition) is 3. The van der Waals surface area contributed by atoms with Crippen molar-refractivity contribution in [1.29, 1.82) is 0 Å². The molecule has 27 heavy (non-hydrogen) atoms. The van der Waals surface area contributed by atoms with Gasteiger partial charge < -0.3 is 14.5 Å². The molecule has 0 fully saturated rings. The quantitative estimate of drug-likeness (QED) is 0.272. The summed E-state index contributed by atoms with van der Waals surface area (Å²) >= 11 is 0. The molecule has 0 radical (unpaired) electrons. The van der Waals surface area contributed by atoms with Crippen molar-refractivity contribution in [3.63, 3.8) is 0 Å². The highest BCUT2D eigenvalue weighted by molar-refractivity contribution is 5.88. The Balaban J connectivity index is 2.24. The van der Waals surface area contributed by atoms with Crippen LogP contribution in [0, 0.1) is 11.2 Å². The number of rotatable bonds is 15. The Hall–Kier alpha value is -1.52. The van der Waals surface area contributed by atoms with Gasteiger partial charge in [-0.05, 0) is 18.8 Å². The van der Waals surface area contributed by atoms with E-state index >= 15 is 0 Å². The third-order valence-electron chi connectivity index (χ3n) is 4.84. The van der Waals surface area contributed by atoms with E-state index in [1.165, 1.54) is 57.6 Å². The van der Waals surface area contributed by atoms with Gasteiger partial charge in [0.15, 0.2) is 17.3 Å². The minimum atomic E-state index is -0.696. The lowest BCUT2D eigenvalue weighted by Crippen LogP contribution is -2.21. The predicted octanol–water partition coefficient (Wildman–Crippen LogP) is 6.66. The molecule has 1 rings (SSSR count). The van der Waals surface area contributed by atoms with Gasteiger partial charge in [-0.1, -0.05) is 78.6 Å². The third-order valence-corrected chi connectivity index (χ3v) is 4.84. The predicted molar refractivity (Wildman–Crippen MR) is 108 cm³/mol. The number of H-pyrrole nitrogens is 1. The topological polar surface area (TPSA) is 51.3 Å². The van der Waals surface area contributed by atoms with Crippen LogP contribution in [0.1, 0.15) is 102 Å². The summed E-state index contributed by atoms with van der Waals surface area (Å²) in [5, 5.41) is 0. The first-order chi connectivity index (χ1) is 12.9. The number of esters is 1. The van der Waals surface area contributed by atoms with Crippen molar-refractivity contribution in [3.05, 3.63) is 17.7 Å². The summed E-state index contributed by atoms with van der Waals surface area (Å²) in [7, 11) is 0. The van der Waals surface area contributed by atoms with Crippen LogP contribution < -0.4 is 4.74 Å². The number of hydrogen-bond donors (Lipinski definition) is 1. The summed E-state index contributed by atoms with van der Waals surface area (Å²) in [6, 6.07) is 0. The van der Waals surface area contributed by atoms with Gasteiger partial charge in [0.25, 0.3) is 0 Å². The van der Waals surface area contributed by atoms with E-state index in [1.807, 2.05) is 0 Å². The number of carbonyl (C=O) groups is 1. The molecule has 0 aliphatic rings. The van der Waals surface area contributed by atoms with Crippen molar-refractivity contribution in [2.45, 2.75) is 91.9 Å². The lowest BCUT2D eigenvalue weighted by molar-refractivity contribution is 0.0514. The Bertz CT molecular complexity index is 540. The van der Waals surface area contributed by atoms with Gasteiger partial charge in [0.2, 0.25) is 0 Å². The van der Waals surface area contributed by atoms with Gasteiger partial charge in [-0.2, -0.15) is 0 Å². The largest absolute Gasteiger partial charge is 0.488 e. The molecule has 1 aromatic heterocycles. The minimum absolute atomic E-state index is 0.0328. The van der Waals surface area contributed by atoms with Gasteiger partial charge in [0.1, 0.15) is 0 Å². The molecule has 4 nitrogen and oxygen atoms in total. The molecule has 0 saturated heterocycles. The van der Waals surface area contributed by atoms with E-state index in [2.05, 4.69) is 25.8 Å². The molecule has 1 N–H and O–H groups in total. The molecular formula is C22H38FNO3. The first-order valence-electron chi connectivity index (χ1n) is 10.6. The van der Waals surface area contributed by atoms with Crippen molar-refractivity contribution in [1.82, 2.24) is 4.98 Å². The van der Waals surface area contributed by atoms with Crippen LogP contribution in [0.3, 0.4) is 0 Å². The van der Waals surface area contributed by atoms with Crippen LogP contribution in [-0.4, -0.2) is 24.2 Å². The van der Waals surface area contributed by atoms with Gasteiger partial charge in [-0.15, -0.1) is 0 Å². The van der Waals surface area contributed by atoms with Gasteiger partial charge in [-0.25, -0.2) is 9.18 Å². The second kappa shape index (κ2) is 12.8. The SMILES string of the molecule is CCCCCCCCCCCC(C)(C)COc1c[nH]c(C(=O)OCC)c1F. The van der Waals surface area contributed by atoms with Crippen molar-refractivity contribution >= 4 is 5.97 Å². The lowest BCUT2D eigenvalue weighted by Gasteiger charge is -2.24. The molecule has 0 saturated carbocycles. The van der Waals surface area contributed by atoms with Crippen LogP contribution in [-0.2, 0) is 4.74 Å². The molecule has 0 aromatic carbocycles. The van der Waals surface area contributed by atoms with Crippen molar-refractivity contribution in [2.24, 2.45) is 5.41 Å². The fraction of sp³-hybridized carbons (Fsp3) is 0.773. The van der Waals surface area contributed by atoms with Gasteiger partial charge >= 0.3 is 5.97 Å². The van der Waals surface area contributed by atoms with Crippen LogP contribution in [0.15, 0.2) is 6.20 Å². The van der Waals surface area contributed by atoms with Gasteiger partial charge in [0, 0.05) is 6.20 Å². The van der Waals surface area contributed by atoms with Crippen LogP contribution in [0.2, 0.25) is 0 Å². The number of aromatic nitrogens is 1. The zero-order valence-corrected chi connectivity index (χ0v) is 17.7. The number of unbranched alkanes of at least 4 members (excludes halogenated alkanes) is 8. The van der Waals surface area contributed by atoms with E-state index in [4.69, 9.17) is 9.47 Å². The summed E-state index contributed by atoms with van der Waals surface area (Å²) in [6.07, 6.45) is 14.2. The van der Waals surface area contributed by atoms with Crippen LogP contribution >= 0.6 is 0 Å². The van der Waals surface area contributed by atoms with Crippen LogP contribution in [0.4, 0.5) is 4.39 Å². The normalized spacial score (nSPS) is 11.6. The minimum Gasteiger partial charge on any atom is -0.488 e. The van der Waals surface area contributed by atoms with E-state index < -0.39 is 11.8 Å². The molecule has 1 aromatic rings. The van der Waals surface area contributed by atoms with Gasteiger partial charge in [-0.3, -0.25) is 0 Å². The van der Waals surface area contributed by atoms with Gasteiger partial charge in [0.05, 0.1) is 13.2 Å². The van der Waals surface area contributed by atoms with E-state index in [9.17, 15) is 9.18 Å². The third kappa shape index (κ3) is 9.30. The Morgan fingerprint density at radius 1 is 1.04 bits per heavy atom. The Morgan fingerprint density at radius 3 is 2.22 bits per heavy atom. The molecule has 0 aliphatic carbocycles. The second-order valence-corrected chi connectivity index (χ2v) is 8.09. The number of halogens is 1. The molecule has 0 amide bonds. The molecule has 0 unspecified atom stereocenters. The zero-order chi connectivity index (χ0) is 20.1. The molecule has 5 heteroatoms. The van der Waals surface area contributed by atoms with E-state index in [-0.39, 0.29) is 23.5 Å². The average molecular weight is 384 g/mol. The fourth-order valence-corrected chi connectivity index (χ4v) is 3.10. The summed E-state index contributed by atoms with van der Waals surface area (Å²) in [6.45, 7) is 8.82. The van der Waals surface area contributed by atoms with E-state index in [0.717, 1.165) is 12.8 Å². The Morgan fingerprint density at radius 2 is 1.63 bits per heavy atom. The van der Waals surface area contributed by atoms with Crippen LogP contribution in [0.25, 0.3) is 0 Å². The molecule has 0 spiro atoms. The number of aromatic amines is 1. The van der Waals surface area contributed by atoms with Crippen molar-refractivity contribution in [3.8, 4) is 5.75 Å².